The molecule has 1 rings (SSSR count). The minimum atomic E-state index is 0.701. The molecule has 1 aliphatic heterocycles. The van der Waals surface area contributed by atoms with Crippen molar-refractivity contribution in [1.29, 1.82) is 0 Å². The molecule has 0 aliphatic carbocycles. The topological polar surface area (TPSA) is 15.3 Å². The fourth-order valence-electron chi connectivity index (χ4n) is 2.23. The summed E-state index contributed by atoms with van der Waals surface area (Å²) in [7, 11) is 0. The molecular formula is C13H26N2S. The van der Waals surface area contributed by atoms with E-state index in [2.05, 4.69) is 30.6 Å². The highest BCUT2D eigenvalue weighted by atomic mass is 32.2. The van der Waals surface area contributed by atoms with E-state index in [-0.39, 0.29) is 0 Å². The summed E-state index contributed by atoms with van der Waals surface area (Å²) in [5.41, 5.74) is 0. The van der Waals surface area contributed by atoms with E-state index in [0.717, 1.165) is 11.8 Å². The quantitative estimate of drug-likeness (QED) is 0.545. The number of hydrogen-bond donors (Lipinski definition) is 1. The van der Waals surface area contributed by atoms with Crippen LogP contribution < -0.4 is 5.32 Å². The van der Waals surface area contributed by atoms with E-state index in [1.807, 2.05) is 17.8 Å². The lowest BCUT2D eigenvalue weighted by atomic mass is 10.1. The van der Waals surface area contributed by atoms with Gasteiger partial charge < -0.3 is 5.32 Å². The third-order valence-corrected chi connectivity index (χ3v) is 4.28. The molecule has 1 saturated heterocycles. The molecule has 0 aromatic carbocycles. The minimum Gasteiger partial charge on any atom is -0.311 e. The van der Waals surface area contributed by atoms with E-state index in [0.29, 0.717) is 6.04 Å². The van der Waals surface area contributed by atoms with Gasteiger partial charge in [-0.05, 0) is 12.8 Å². The summed E-state index contributed by atoms with van der Waals surface area (Å²) in [5, 5.41) is 3.64. The van der Waals surface area contributed by atoms with Gasteiger partial charge in [-0.15, -0.1) is 6.58 Å². The first-order valence-corrected chi connectivity index (χ1v) is 7.63. The molecule has 1 N–H and O–H groups in total. The third-order valence-electron chi connectivity index (χ3n) is 3.34. The molecule has 16 heavy (non-hydrogen) atoms. The molecule has 2 unspecified atom stereocenters. The minimum absolute atomic E-state index is 0.701. The Balaban J connectivity index is 2.30. The molecule has 0 aromatic heterocycles. The van der Waals surface area contributed by atoms with Crippen molar-refractivity contribution < 1.29 is 0 Å². The molecule has 1 aliphatic rings. The highest BCUT2D eigenvalue weighted by molar-refractivity contribution is 7.99. The Morgan fingerprint density at radius 3 is 2.88 bits per heavy atom. The van der Waals surface area contributed by atoms with Gasteiger partial charge in [0.2, 0.25) is 0 Å². The predicted octanol–water partition coefficient (Wildman–Crippen LogP) is 2.37. The van der Waals surface area contributed by atoms with Crippen molar-refractivity contribution in [3.05, 3.63) is 12.7 Å². The maximum atomic E-state index is 3.76. The van der Waals surface area contributed by atoms with Crippen molar-refractivity contribution in [3.8, 4) is 0 Å². The van der Waals surface area contributed by atoms with Crippen molar-refractivity contribution in [2.75, 3.05) is 31.1 Å². The van der Waals surface area contributed by atoms with E-state index in [1.165, 1.54) is 38.2 Å². The van der Waals surface area contributed by atoms with E-state index < -0.39 is 0 Å². The Labute approximate surface area is 105 Å². The van der Waals surface area contributed by atoms with Crippen LogP contribution in [0.5, 0.6) is 0 Å². The van der Waals surface area contributed by atoms with Crippen LogP contribution in [0.1, 0.15) is 26.7 Å². The lowest BCUT2D eigenvalue weighted by Crippen LogP contribution is -2.56. The lowest BCUT2D eigenvalue weighted by Gasteiger charge is -2.40. The molecule has 0 radical (unpaired) electrons. The summed E-state index contributed by atoms with van der Waals surface area (Å²) in [4.78, 5) is 2.67. The van der Waals surface area contributed by atoms with Gasteiger partial charge in [-0.25, -0.2) is 0 Å². The van der Waals surface area contributed by atoms with Crippen LogP contribution in [0.3, 0.4) is 0 Å². The largest absolute Gasteiger partial charge is 0.311 e. The maximum absolute atomic E-state index is 3.76. The fraction of sp³-hybridized carbons (Fsp3) is 0.846. The fourth-order valence-corrected chi connectivity index (χ4v) is 2.92. The Morgan fingerprint density at radius 2 is 2.25 bits per heavy atom. The molecule has 3 heteroatoms. The van der Waals surface area contributed by atoms with Gasteiger partial charge in [0.05, 0.1) is 0 Å². The SMILES string of the molecule is C=CCSCCN1CC(CC)NCC1CC. The van der Waals surface area contributed by atoms with Crippen LogP contribution in [0.4, 0.5) is 0 Å². The van der Waals surface area contributed by atoms with Gasteiger partial charge in [-0.1, -0.05) is 19.9 Å². The summed E-state index contributed by atoms with van der Waals surface area (Å²) >= 11 is 1.99. The Morgan fingerprint density at radius 1 is 1.44 bits per heavy atom. The van der Waals surface area contributed by atoms with Crippen LogP contribution in [-0.2, 0) is 0 Å². The lowest BCUT2D eigenvalue weighted by molar-refractivity contribution is 0.133. The Kier molecular flexibility index (Phi) is 7.17. The molecule has 0 aromatic rings. The molecular weight excluding hydrogens is 216 g/mol. The summed E-state index contributed by atoms with van der Waals surface area (Å²) in [6, 6.07) is 1.44. The monoisotopic (exact) mass is 242 g/mol. The molecule has 2 atom stereocenters. The average Bonchev–Trinajstić information content (AvgIpc) is 2.34. The summed E-state index contributed by atoms with van der Waals surface area (Å²) in [6.45, 7) is 11.9. The van der Waals surface area contributed by atoms with E-state index in [9.17, 15) is 0 Å². The second-order valence-corrected chi connectivity index (χ2v) is 5.58. The molecule has 94 valence electrons. The Hall–Kier alpha value is 0.01000. The standard InChI is InChI=1S/C13H26N2S/c1-4-8-16-9-7-15-11-12(5-2)14-10-13(15)6-3/h4,12-14H,1,5-11H2,2-3H3. The Bertz CT molecular complexity index is 196. The molecule has 0 amide bonds. The molecule has 0 saturated carbocycles. The number of nitrogens with zero attached hydrogens (tertiary/aromatic N) is 1. The summed E-state index contributed by atoms with van der Waals surface area (Å²) < 4.78 is 0. The number of nitrogens with one attached hydrogen (secondary N) is 1. The van der Waals surface area contributed by atoms with Crippen molar-refractivity contribution in [2.45, 2.75) is 38.8 Å². The van der Waals surface area contributed by atoms with Gasteiger partial charge in [-0.3, -0.25) is 4.90 Å². The summed E-state index contributed by atoms with van der Waals surface area (Å²) in [5.74, 6) is 2.32. The van der Waals surface area contributed by atoms with E-state index >= 15 is 0 Å². The maximum Gasteiger partial charge on any atom is 0.0219 e. The highest BCUT2D eigenvalue weighted by Crippen LogP contribution is 2.13. The van der Waals surface area contributed by atoms with Gasteiger partial charge in [0, 0.05) is 43.2 Å². The van der Waals surface area contributed by atoms with Crippen molar-refractivity contribution in [3.63, 3.8) is 0 Å². The van der Waals surface area contributed by atoms with Gasteiger partial charge in [0.15, 0.2) is 0 Å². The van der Waals surface area contributed by atoms with Crippen LogP contribution in [-0.4, -0.2) is 48.1 Å². The predicted molar refractivity (Wildman–Crippen MR) is 75.3 cm³/mol. The first-order valence-electron chi connectivity index (χ1n) is 6.47. The normalized spacial score (nSPS) is 26.9. The number of hydrogen-bond acceptors (Lipinski definition) is 3. The van der Waals surface area contributed by atoms with Crippen molar-refractivity contribution >= 4 is 11.8 Å². The van der Waals surface area contributed by atoms with Crippen molar-refractivity contribution in [1.82, 2.24) is 10.2 Å². The van der Waals surface area contributed by atoms with Gasteiger partial charge in [0.25, 0.3) is 0 Å². The van der Waals surface area contributed by atoms with E-state index in [1.54, 1.807) is 0 Å². The highest BCUT2D eigenvalue weighted by Gasteiger charge is 2.24. The molecule has 0 bridgehead atoms. The van der Waals surface area contributed by atoms with Gasteiger partial charge >= 0.3 is 0 Å². The smallest absolute Gasteiger partial charge is 0.0219 e. The van der Waals surface area contributed by atoms with Gasteiger partial charge in [-0.2, -0.15) is 11.8 Å². The van der Waals surface area contributed by atoms with Gasteiger partial charge in [0.1, 0.15) is 0 Å². The zero-order valence-electron chi connectivity index (χ0n) is 10.7. The zero-order chi connectivity index (χ0) is 11.8. The first-order chi connectivity index (χ1) is 7.81. The first kappa shape index (κ1) is 14.1. The summed E-state index contributed by atoms with van der Waals surface area (Å²) in [6.07, 6.45) is 4.50. The van der Waals surface area contributed by atoms with E-state index in [4.69, 9.17) is 0 Å². The average molecular weight is 242 g/mol. The second-order valence-electron chi connectivity index (χ2n) is 4.43. The molecule has 2 nitrogen and oxygen atoms in total. The molecule has 1 fully saturated rings. The van der Waals surface area contributed by atoms with Crippen LogP contribution >= 0.6 is 11.8 Å². The zero-order valence-corrected chi connectivity index (χ0v) is 11.6. The number of piperazine rings is 1. The van der Waals surface area contributed by atoms with Crippen molar-refractivity contribution in [2.24, 2.45) is 0 Å². The van der Waals surface area contributed by atoms with Crippen LogP contribution in [0, 0.1) is 0 Å². The number of thioether (sulfide) groups is 1. The second kappa shape index (κ2) is 8.15. The van der Waals surface area contributed by atoms with Crippen LogP contribution in [0.15, 0.2) is 12.7 Å². The van der Waals surface area contributed by atoms with Crippen LogP contribution in [0.25, 0.3) is 0 Å². The molecule has 0 spiro atoms. The third kappa shape index (κ3) is 4.48. The number of rotatable bonds is 7. The molecule has 1 heterocycles. The van der Waals surface area contributed by atoms with Crippen LogP contribution in [0.2, 0.25) is 0 Å².